The van der Waals surface area contributed by atoms with Gasteiger partial charge in [0.05, 0.1) is 6.04 Å². The highest BCUT2D eigenvalue weighted by atomic mass is 15.4. The van der Waals surface area contributed by atoms with Crippen LogP contribution in [0.1, 0.15) is 6.04 Å². The van der Waals surface area contributed by atoms with Crippen LogP contribution in [0.25, 0.3) is 17.0 Å². The Morgan fingerprint density at radius 2 is 1.79 bits per heavy atom. The minimum atomic E-state index is 0.409. The lowest BCUT2D eigenvalue weighted by Crippen LogP contribution is -2.48. The smallest absolute Gasteiger partial charge is 0.185 e. The summed E-state index contributed by atoms with van der Waals surface area (Å²) in [6.07, 6.45) is 3.82. The van der Waals surface area contributed by atoms with Crippen LogP contribution < -0.4 is 4.90 Å². The van der Waals surface area contributed by atoms with E-state index in [1.165, 1.54) is 0 Å². The van der Waals surface area contributed by atoms with E-state index in [0.717, 1.165) is 35.9 Å². The second kappa shape index (κ2) is 5.16. The van der Waals surface area contributed by atoms with E-state index in [9.17, 15) is 0 Å². The first-order valence-corrected chi connectivity index (χ1v) is 7.90. The Labute approximate surface area is 138 Å². The van der Waals surface area contributed by atoms with E-state index in [4.69, 9.17) is 5.10 Å². The fourth-order valence-electron chi connectivity index (χ4n) is 3.02. The molecule has 7 heteroatoms. The summed E-state index contributed by atoms with van der Waals surface area (Å²) in [5.74, 6) is 1.69. The Morgan fingerprint density at radius 1 is 0.917 bits per heavy atom. The predicted molar refractivity (Wildman–Crippen MR) is 89.7 cm³/mol. The first-order chi connectivity index (χ1) is 11.9. The Hall–Kier alpha value is -3.22. The van der Waals surface area contributed by atoms with Crippen molar-refractivity contribution in [1.82, 2.24) is 29.6 Å². The van der Waals surface area contributed by atoms with Crippen molar-refractivity contribution >= 4 is 11.5 Å². The fraction of sp³-hybridized carbons (Fsp3) is 0.176. The molecule has 118 valence electrons. The van der Waals surface area contributed by atoms with Crippen molar-refractivity contribution in [1.29, 1.82) is 0 Å². The van der Waals surface area contributed by atoms with Gasteiger partial charge in [0.2, 0.25) is 0 Å². The van der Waals surface area contributed by atoms with Crippen LogP contribution in [-0.4, -0.2) is 42.7 Å². The van der Waals surface area contributed by atoms with E-state index in [1.807, 2.05) is 70.1 Å². The van der Waals surface area contributed by atoms with Crippen molar-refractivity contribution in [3.05, 3.63) is 60.9 Å². The monoisotopic (exact) mass is 317 g/mol. The van der Waals surface area contributed by atoms with Crippen molar-refractivity contribution in [3.8, 4) is 11.4 Å². The molecule has 0 radical (unpaired) electrons. The van der Waals surface area contributed by atoms with Crippen LogP contribution in [0.2, 0.25) is 0 Å². The van der Waals surface area contributed by atoms with Crippen LogP contribution >= 0.6 is 0 Å². The Morgan fingerprint density at radius 3 is 2.58 bits per heavy atom. The van der Waals surface area contributed by atoms with Crippen molar-refractivity contribution in [2.75, 3.05) is 18.0 Å². The molecule has 0 saturated carbocycles. The van der Waals surface area contributed by atoms with E-state index >= 15 is 0 Å². The molecule has 0 aliphatic carbocycles. The molecule has 0 N–H and O–H groups in total. The van der Waals surface area contributed by atoms with Gasteiger partial charge in [-0.25, -0.2) is 0 Å². The van der Waals surface area contributed by atoms with Gasteiger partial charge in [-0.1, -0.05) is 30.3 Å². The molecule has 1 aromatic carbocycles. The van der Waals surface area contributed by atoms with Gasteiger partial charge in [0.15, 0.2) is 11.5 Å². The molecule has 1 aliphatic rings. The van der Waals surface area contributed by atoms with Crippen molar-refractivity contribution in [2.24, 2.45) is 0 Å². The Bertz CT molecular complexity index is 969. The van der Waals surface area contributed by atoms with E-state index in [2.05, 4.69) is 20.2 Å². The summed E-state index contributed by atoms with van der Waals surface area (Å²) >= 11 is 0. The first kappa shape index (κ1) is 13.2. The minimum absolute atomic E-state index is 0.409. The summed E-state index contributed by atoms with van der Waals surface area (Å²) in [5, 5.41) is 17.5. The number of hydrogen-bond donors (Lipinski definition) is 0. The SMILES string of the molecule is c1ccc(-c2nnc3ccc(N4CC(n5cccn5)C4)nn23)cc1. The highest BCUT2D eigenvalue weighted by molar-refractivity contribution is 5.59. The van der Waals surface area contributed by atoms with Crippen LogP contribution in [0.15, 0.2) is 60.9 Å². The Balaban J connectivity index is 1.46. The van der Waals surface area contributed by atoms with Gasteiger partial charge in [-0.2, -0.15) is 9.61 Å². The standard InChI is InChI=1S/C17H15N7/c1-2-5-13(6-3-1)17-20-19-15-7-8-16(21-24(15)17)22-11-14(12-22)23-10-4-9-18-23/h1-10,14H,11-12H2. The van der Waals surface area contributed by atoms with E-state index in [0.29, 0.717) is 6.04 Å². The zero-order valence-electron chi connectivity index (χ0n) is 12.9. The topological polar surface area (TPSA) is 64.1 Å². The van der Waals surface area contributed by atoms with Crippen molar-refractivity contribution in [2.45, 2.75) is 6.04 Å². The zero-order chi connectivity index (χ0) is 15.9. The summed E-state index contributed by atoms with van der Waals surface area (Å²) in [6.45, 7) is 1.81. The van der Waals surface area contributed by atoms with Gasteiger partial charge in [-0.3, -0.25) is 4.68 Å². The fourth-order valence-corrected chi connectivity index (χ4v) is 3.02. The molecule has 4 heterocycles. The third-order valence-electron chi connectivity index (χ3n) is 4.37. The molecule has 0 unspecified atom stereocenters. The lowest BCUT2D eigenvalue weighted by Gasteiger charge is -2.39. The molecule has 24 heavy (non-hydrogen) atoms. The van der Waals surface area contributed by atoms with Crippen LogP contribution in [0, 0.1) is 0 Å². The number of fused-ring (bicyclic) bond motifs is 1. The van der Waals surface area contributed by atoms with Gasteiger partial charge in [-0.15, -0.1) is 15.3 Å². The summed E-state index contributed by atoms with van der Waals surface area (Å²) < 4.78 is 3.81. The molecule has 1 aliphatic heterocycles. The molecule has 0 amide bonds. The van der Waals surface area contributed by atoms with E-state index in [-0.39, 0.29) is 0 Å². The van der Waals surface area contributed by atoms with Crippen LogP contribution in [-0.2, 0) is 0 Å². The summed E-state index contributed by atoms with van der Waals surface area (Å²) in [7, 11) is 0. The maximum atomic E-state index is 4.74. The van der Waals surface area contributed by atoms with Crippen LogP contribution in [0.3, 0.4) is 0 Å². The maximum Gasteiger partial charge on any atom is 0.185 e. The predicted octanol–water partition coefficient (Wildman–Crippen LogP) is 2.05. The number of benzene rings is 1. The number of hydrogen-bond acceptors (Lipinski definition) is 5. The third kappa shape index (κ3) is 2.05. The minimum Gasteiger partial charge on any atom is -0.351 e. The molecule has 0 spiro atoms. The van der Waals surface area contributed by atoms with Gasteiger partial charge in [0, 0.05) is 31.0 Å². The second-order valence-electron chi connectivity index (χ2n) is 5.90. The largest absolute Gasteiger partial charge is 0.351 e. The lowest BCUT2D eigenvalue weighted by atomic mass is 10.1. The molecule has 3 aromatic heterocycles. The van der Waals surface area contributed by atoms with Crippen molar-refractivity contribution in [3.63, 3.8) is 0 Å². The van der Waals surface area contributed by atoms with Gasteiger partial charge in [0.25, 0.3) is 0 Å². The number of anilines is 1. The molecule has 5 rings (SSSR count). The van der Waals surface area contributed by atoms with E-state index < -0.39 is 0 Å². The molecule has 1 saturated heterocycles. The lowest BCUT2D eigenvalue weighted by molar-refractivity contribution is 0.365. The molecule has 4 aromatic rings. The average molecular weight is 317 g/mol. The number of rotatable bonds is 3. The third-order valence-corrected chi connectivity index (χ3v) is 4.37. The summed E-state index contributed by atoms with van der Waals surface area (Å²) in [4.78, 5) is 2.24. The molecular weight excluding hydrogens is 302 g/mol. The van der Waals surface area contributed by atoms with Gasteiger partial charge < -0.3 is 4.90 Å². The molecule has 0 atom stereocenters. The quantitative estimate of drug-likeness (QED) is 0.578. The molecule has 1 fully saturated rings. The first-order valence-electron chi connectivity index (χ1n) is 7.90. The summed E-state index contributed by atoms with van der Waals surface area (Å²) in [6, 6.07) is 16.3. The van der Waals surface area contributed by atoms with Gasteiger partial charge in [0.1, 0.15) is 5.82 Å². The number of nitrogens with zero attached hydrogens (tertiary/aromatic N) is 7. The van der Waals surface area contributed by atoms with E-state index in [1.54, 1.807) is 0 Å². The summed E-state index contributed by atoms with van der Waals surface area (Å²) in [5.41, 5.74) is 1.76. The highest BCUT2D eigenvalue weighted by Gasteiger charge is 2.29. The normalized spacial score (nSPS) is 14.9. The van der Waals surface area contributed by atoms with Gasteiger partial charge >= 0.3 is 0 Å². The Kier molecular flexibility index (Phi) is 2.84. The van der Waals surface area contributed by atoms with Crippen LogP contribution in [0.5, 0.6) is 0 Å². The number of aromatic nitrogens is 6. The average Bonchev–Trinajstić information content (AvgIpc) is 3.24. The molecule has 0 bridgehead atoms. The zero-order valence-corrected chi connectivity index (χ0v) is 12.9. The highest BCUT2D eigenvalue weighted by Crippen LogP contribution is 2.26. The van der Waals surface area contributed by atoms with Crippen molar-refractivity contribution < 1.29 is 0 Å². The van der Waals surface area contributed by atoms with Crippen LogP contribution in [0.4, 0.5) is 5.82 Å². The maximum absolute atomic E-state index is 4.74. The molecular formula is C17H15N7. The van der Waals surface area contributed by atoms with Gasteiger partial charge in [-0.05, 0) is 18.2 Å². The molecule has 7 nitrogen and oxygen atoms in total. The second-order valence-corrected chi connectivity index (χ2v) is 5.90.